The molecule has 122 valence electrons. The largest absolute Gasteiger partial charge is 0.384 e. The smallest absolute Gasteiger partial charge is 0.224 e. The van der Waals surface area contributed by atoms with E-state index < -0.39 is 0 Å². The van der Waals surface area contributed by atoms with Crippen LogP contribution in [0, 0.1) is 0 Å². The Labute approximate surface area is 136 Å². The molecule has 2 heterocycles. The summed E-state index contributed by atoms with van der Waals surface area (Å²) in [5.74, 6) is 2.10. The van der Waals surface area contributed by atoms with Crippen LogP contribution in [0.5, 0.6) is 0 Å². The second-order valence-electron chi connectivity index (χ2n) is 5.50. The molecule has 22 heavy (non-hydrogen) atoms. The van der Waals surface area contributed by atoms with E-state index in [1.807, 2.05) is 11.2 Å². The highest BCUT2D eigenvalue weighted by atomic mass is 32.2. The molecule has 2 rings (SSSR count). The number of thioether (sulfide) groups is 1. The van der Waals surface area contributed by atoms with E-state index in [1.54, 1.807) is 24.0 Å². The molecule has 1 aliphatic rings. The molecule has 0 bridgehead atoms. The normalized spacial score (nSPS) is 18.7. The molecule has 1 amide bonds. The number of aromatic nitrogens is 2. The van der Waals surface area contributed by atoms with Gasteiger partial charge in [0, 0.05) is 24.4 Å². The number of nitrogens with zero attached hydrogens (tertiary/aromatic N) is 3. The molecule has 0 aromatic carbocycles. The van der Waals surface area contributed by atoms with Gasteiger partial charge >= 0.3 is 0 Å². The summed E-state index contributed by atoms with van der Waals surface area (Å²) in [5.41, 5.74) is 5.73. The Morgan fingerprint density at radius 3 is 3.14 bits per heavy atom. The van der Waals surface area contributed by atoms with Crippen LogP contribution in [-0.2, 0) is 11.3 Å². The lowest BCUT2D eigenvalue weighted by Gasteiger charge is -2.30. The Morgan fingerprint density at radius 1 is 1.50 bits per heavy atom. The molecule has 0 aliphatic carbocycles. The highest BCUT2D eigenvalue weighted by Gasteiger charge is 2.25. The fourth-order valence-corrected chi connectivity index (χ4v) is 3.09. The lowest BCUT2D eigenvalue weighted by molar-refractivity contribution is -0.134. The molecule has 3 N–H and O–H groups in total. The highest BCUT2D eigenvalue weighted by Crippen LogP contribution is 2.18. The van der Waals surface area contributed by atoms with E-state index in [0.717, 1.165) is 38.1 Å². The Bertz CT molecular complexity index is 477. The van der Waals surface area contributed by atoms with E-state index in [9.17, 15) is 4.79 Å². The Morgan fingerprint density at radius 2 is 2.36 bits per heavy atom. The fourth-order valence-electron chi connectivity index (χ4n) is 2.71. The first-order valence-corrected chi connectivity index (χ1v) is 9.16. The number of hydrogen-bond donors (Lipinski definition) is 2. The minimum absolute atomic E-state index is 0.187. The summed E-state index contributed by atoms with van der Waals surface area (Å²) in [5, 5.41) is 3.39. The maximum Gasteiger partial charge on any atom is 0.224 e. The van der Waals surface area contributed by atoms with Gasteiger partial charge in [0.15, 0.2) is 0 Å². The number of nitrogens with two attached hydrogens (primary N) is 1. The number of amides is 1. The number of nitrogen functional groups attached to an aromatic ring is 1. The molecule has 0 spiro atoms. The van der Waals surface area contributed by atoms with Crippen molar-refractivity contribution in [2.75, 3.05) is 30.8 Å². The third-order valence-corrected chi connectivity index (χ3v) is 4.48. The van der Waals surface area contributed by atoms with Crippen LogP contribution in [0.4, 0.5) is 5.82 Å². The van der Waals surface area contributed by atoms with Crippen molar-refractivity contribution in [3.8, 4) is 0 Å². The third kappa shape index (κ3) is 5.14. The molecule has 1 aromatic rings. The van der Waals surface area contributed by atoms with Gasteiger partial charge in [-0.15, -0.1) is 0 Å². The SMILES string of the molecule is CSCCC(=O)N(Cc1nccc(N)n1)[C@H]1CCCNCC1. The number of carbonyl (C=O) groups excluding carboxylic acids is 1. The molecule has 1 fully saturated rings. The number of nitrogens with one attached hydrogen (secondary N) is 1. The molecule has 1 atom stereocenters. The minimum atomic E-state index is 0.187. The summed E-state index contributed by atoms with van der Waals surface area (Å²) in [7, 11) is 0. The predicted octanol–water partition coefficient (Wildman–Crippen LogP) is 1.28. The highest BCUT2D eigenvalue weighted by molar-refractivity contribution is 7.98. The van der Waals surface area contributed by atoms with Crippen LogP contribution in [0.3, 0.4) is 0 Å². The molecule has 0 radical (unpaired) electrons. The second kappa shape index (κ2) is 8.95. The zero-order valence-electron chi connectivity index (χ0n) is 13.1. The fraction of sp³-hybridized carbons (Fsp3) is 0.667. The molecule has 6 nitrogen and oxygen atoms in total. The van der Waals surface area contributed by atoms with Gasteiger partial charge in [0.2, 0.25) is 5.91 Å². The van der Waals surface area contributed by atoms with Crippen molar-refractivity contribution in [1.29, 1.82) is 0 Å². The van der Waals surface area contributed by atoms with Crippen molar-refractivity contribution < 1.29 is 4.79 Å². The second-order valence-corrected chi connectivity index (χ2v) is 6.48. The van der Waals surface area contributed by atoms with Crippen molar-refractivity contribution in [2.45, 2.75) is 38.3 Å². The van der Waals surface area contributed by atoms with Crippen LogP contribution in [0.1, 0.15) is 31.5 Å². The van der Waals surface area contributed by atoms with Gasteiger partial charge in [-0.2, -0.15) is 11.8 Å². The van der Waals surface area contributed by atoms with Crippen molar-refractivity contribution >= 4 is 23.5 Å². The maximum absolute atomic E-state index is 12.6. The monoisotopic (exact) mass is 323 g/mol. The lowest BCUT2D eigenvalue weighted by Crippen LogP contribution is -2.41. The van der Waals surface area contributed by atoms with Crippen LogP contribution in [0.25, 0.3) is 0 Å². The van der Waals surface area contributed by atoms with Gasteiger partial charge in [0.05, 0.1) is 6.54 Å². The average molecular weight is 323 g/mol. The molecular weight excluding hydrogens is 298 g/mol. The summed E-state index contributed by atoms with van der Waals surface area (Å²) in [6.45, 7) is 2.43. The van der Waals surface area contributed by atoms with Gasteiger partial charge in [0.1, 0.15) is 11.6 Å². The van der Waals surface area contributed by atoms with Crippen LogP contribution in [0.15, 0.2) is 12.3 Å². The lowest BCUT2D eigenvalue weighted by atomic mass is 10.1. The van der Waals surface area contributed by atoms with Crippen molar-refractivity contribution in [1.82, 2.24) is 20.2 Å². The summed E-state index contributed by atoms with van der Waals surface area (Å²) < 4.78 is 0. The first-order chi connectivity index (χ1) is 10.7. The quantitative estimate of drug-likeness (QED) is 0.820. The maximum atomic E-state index is 12.6. The van der Waals surface area contributed by atoms with Gasteiger partial charge in [-0.05, 0) is 44.7 Å². The standard InChI is InChI=1S/C15H25N5OS/c1-22-10-6-15(21)20(12-3-2-7-17-8-4-12)11-14-18-9-5-13(16)19-14/h5,9,12,17H,2-4,6-8,10-11H2,1H3,(H2,16,18,19)/t12-/m0/s1. The van der Waals surface area contributed by atoms with Gasteiger partial charge in [-0.25, -0.2) is 9.97 Å². The predicted molar refractivity (Wildman–Crippen MR) is 90.5 cm³/mol. The van der Waals surface area contributed by atoms with Crippen LogP contribution >= 0.6 is 11.8 Å². The molecule has 0 unspecified atom stereocenters. The average Bonchev–Trinajstić information content (AvgIpc) is 2.79. The Kier molecular flexibility index (Phi) is 6.92. The summed E-state index contributed by atoms with van der Waals surface area (Å²) in [6, 6.07) is 1.92. The molecule has 1 aliphatic heterocycles. The van der Waals surface area contributed by atoms with Crippen LogP contribution in [0.2, 0.25) is 0 Å². The number of carbonyl (C=O) groups is 1. The number of rotatable bonds is 6. The molecule has 1 aromatic heterocycles. The van der Waals surface area contributed by atoms with E-state index in [-0.39, 0.29) is 11.9 Å². The Hall–Kier alpha value is -1.34. The van der Waals surface area contributed by atoms with Gasteiger partial charge in [0.25, 0.3) is 0 Å². The van der Waals surface area contributed by atoms with E-state index in [1.165, 1.54) is 0 Å². The van der Waals surface area contributed by atoms with Gasteiger partial charge in [-0.1, -0.05) is 0 Å². The zero-order chi connectivity index (χ0) is 15.8. The van der Waals surface area contributed by atoms with E-state index >= 15 is 0 Å². The topological polar surface area (TPSA) is 84.1 Å². The van der Waals surface area contributed by atoms with Crippen molar-refractivity contribution in [3.05, 3.63) is 18.1 Å². The summed E-state index contributed by atoms with van der Waals surface area (Å²) in [4.78, 5) is 23.1. The van der Waals surface area contributed by atoms with E-state index in [0.29, 0.717) is 24.6 Å². The van der Waals surface area contributed by atoms with E-state index in [4.69, 9.17) is 5.73 Å². The first kappa shape index (κ1) is 17.0. The first-order valence-electron chi connectivity index (χ1n) is 7.77. The third-order valence-electron chi connectivity index (χ3n) is 3.87. The summed E-state index contributed by atoms with van der Waals surface area (Å²) >= 11 is 1.70. The number of hydrogen-bond acceptors (Lipinski definition) is 6. The van der Waals surface area contributed by atoms with Crippen LogP contribution in [-0.4, -0.2) is 51.9 Å². The van der Waals surface area contributed by atoms with Crippen molar-refractivity contribution in [2.24, 2.45) is 0 Å². The number of anilines is 1. The summed E-state index contributed by atoms with van der Waals surface area (Å²) in [6.07, 6.45) is 7.33. The van der Waals surface area contributed by atoms with Crippen LogP contribution < -0.4 is 11.1 Å². The van der Waals surface area contributed by atoms with E-state index in [2.05, 4.69) is 15.3 Å². The molecule has 0 saturated carbocycles. The molecule has 1 saturated heterocycles. The van der Waals surface area contributed by atoms with Gasteiger partial charge < -0.3 is 16.0 Å². The zero-order valence-corrected chi connectivity index (χ0v) is 13.9. The Balaban J connectivity index is 2.10. The molecule has 7 heteroatoms. The van der Waals surface area contributed by atoms with Crippen molar-refractivity contribution in [3.63, 3.8) is 0 Å². The van der Waals surface area contributed by atoms with Gasteiger partial charge in [-0.3, -0.25) is 4.79 Å². The minimum Gasteiger partial charge on any atom is -0.384 e. The molecular formula is C15H25N5OS.